The molecule has 362 valence electrons. The molecule has 68 heavy (non-hydrogen) atoms. The van der Waals surface area contributed by atoms with E-state index in [1.54, 1.807) is 24.3 Å². The number of hydrogen-bond acceptors (Lipinski definition) is 25. The number of fused-ring (bicyclic) bond motifs is 2. The van der Waals surface area contributed by atoms with Gasteiger partial charge in [0.2, 0.25) is 11.9 Å². The Hall–Kier alpha value is -4.66. The van der Waals surface area contributed by atoms with Gasteiger partial charge in [-0.2, -0.15) is 40.5 Å². The number of halogens is 2. The lowest BCUT2D eigenvalue weighted by Crippen LogP contribution is -2.22. The van der Waals surface area contributed by atoms with E-state index in [0.29, 0.717) is 83.1 Å². The summed E-state index contributed by atoms with van der Waals surface area (Å²) in [4.78, 5) is 18.7. The van der Waals surface area contributed by atoms with Gasteiger partial charge in [0.15, 0.2) is 23.6 Å². The van der Waals surface area contributed by atoms with Crippen LogP contribution in [0.4, 0.5) is 56.0 Å². The first-order valence-corrected chi connectivity index (χ1v) is 27.7. The molecule has 0 bridgehead atoms. The number of anilines is 6. The number of nitrogens with one attached hydrogen (secondary N) is 2. The predicted octanol–water partition coefficient (Wildman–Crippen LogP) is 11.1. The predicted molar refractivity (Wildman–Crippen MR) is 270 cm³/mol. The largest absolute Gasteiger partial charge is 0.494 e. The molecule has 0 fully saturated rings. The first-order chi connectivity index (χ1) is 32.5. The number of benzene rings is 2. The van der Waals surface area contributed by atoms with Crippen LogP contribution in [0.3, 0.4) is 0 Å². The molecule has 0 aliphatic carbocycles. The monoisotopic (exact) mass is 1100 g/mol. The molecule has 2 aromatic carbocycles. The Morgan fingerprint density at radius 2 is 1.09 bits per heavy atom. The van der Waals surface area contributed by atoms with E-state index in [0.717, 1.165) is 34.8 Å². The number of hydrogen-bond donors (Lipinski definition) is 5. The number of aromatic nitrogens is 5. The van der Waals surface area contributed by atoms with E-state index in [4.69, 9.17) is 37.7 Å². The van der Waals surface area contributed by atoms with E-state index in [-0.39, 0.29) is 81.3 Å². The van der Waals surface area contributed by atoms with Crippen molar-refractivity contribution >= 4 is 177 Å². The molecule has 5 aromatic heterocycles. The third-order valence-electron chi connectivity index (χ3n) is 9.66. The summed E-state index contributed by atoms with van der Waals surface area (Å²) in [7, 11) is -6.22. The van der Waals surface area contributed by atoms with Gasteiger partial charge in [-0.05, 0) is 62.9 Å². The molecule has 0 saturated carbocycles. The number of thiophene rings is 2. The number of aliphatic hydroxyl groups excluding tert-OH is 1. The molecule has 0 atom stereocenters. The highest BCUT2D eigenvalue weighted by molar-refractivity contribution is 7.99. The Kier molecular flexibility index (Phi) is 16.2. The summed E-state index contributed by atoms with van der Waals surface area (Å²) in [6.45, 7) is 10.3. The zero-order chi connectivity index (χ0) is 49.1. The topological polar surface area (TPSA) is 292 Å². The minimum Gasteiger partial charge on any atom is -0.494 e. The van der Waals surface area contributed by atoms with Crippen molar-refractivity contribution in [2.45, 2.75) is 41.3 Å². The lowest BCUT2D eigenvalue weighted by Gasteiger charge is -2.25. The SMILES string of the molecule is CCN(CC)c1cc(Nc2nc(Nc3cc(N(CC)CC)c(OC)cc3/N=N/c3snc4sc(S(=O)(=O)O)c(Cl)c34)nc(SCCO)n2)c(/N=N/c2snc3sc(S(=O)(=O)O)c(Cl)c23)cc1OC. The maximum absolute atomic E-state index is 12.0. The minimum absolute atomic E-state index is 0.0448. The van der Waals surface area contributed by atoms with E-state index in [1.165, 1.54) is 14.2 Å². The Morgan fingerprint density at radius 3 is 1.44 bits per heavy atom. The van der Waals surface area contributed by atoms with Crippen molar-refractivity contribution in [3.05, 3.63) is 34.3 Å². The van der Waals surface area contributed by atoms with E-state index in [1.807, 2.05) is 27.7 Å². The number of ether oxygens (including phenoxy) is 2. The summed E-state index contributed by atoms with van der Waals surface area (Å²) in [5, 5.41) is 34.7. The molecule has 22 nitrogen and oxygen atoms in total. The second-order valence-corrected chi connectivity index (χ2v) is 22.2. The van der Waals surface area contributed by atoms with Crippen LogP contribution in [0.1, 0.15) is 27.7 Å². The molecular weight excluding hydrogens is 1070 g/mol. The average Bonchev–Trinajstić information content (AvgIpc) is 4.08. The van der Waals surface area contributed by atoms with Gasteiger partial charge in [0, 0.05) is 44.1 Å². The Morgan fingerprint density at radius 1 is 0.676 bits per heavy atom. The summed E-state index contributed by atoms with van der Waals surface area (Å²) in [6.07, 6.45) is 0. The molecule has 7 rings (SSSR count). The number of nitrogens with zero attached hydrogens (tertiary/aromatic N) is 11. The second kappa shape index (κ2) is 21.5. The van der Waals surface area contributed by atoms with Crippen LogP contribution in [-0.2, 0) is 20.2 Å². The highest BCUT2D eigenvalue weighted by Gasteiger charge is 2.27. The fourth-order valence-corrected chi connectivity index (χ4v) is 13.7. The van der Waals surface area contributed by atoms with Gasteiger partial charge in [-0.25, -0.2) is 0 Å². The lowest BCUT2D eigenvalue weighted by atomic mass is 10.2. The number of methoxy groups -OCH3 is 2. The molecule has 0 spiro atoms. The van der Waals surface area contributed by atoms with Gasteiger partial charge in [0.25, 0.3) is 0 Å². The summed E-state index contributed by atoms with van der Waals surface area (Å²) in [5.74, 6) is 1.26. The van der Waals surface area contributed by atoms with Gasteiger partial charge in [0.1, 0.15) is 32.5 Å². The maximum atomic E-state index is 12.0. The van der Waals surface area contributed by atoms with Crippen molar-refractivity contribution in [3.63, 3.8) is 0 Å². The molecule has 7 aromatic rings. The highest BCUT2D eigenvalue weighted by atomic mass is 35.5. The number of azo groups is 2. The van der Waals surface area contributed by atoms with Crippen molar-refractivity contribution in [2.75, 3.05) is 73.2 Å². The first-order valence-electron chi connectivity index (χ1n) is 19.9. The van der Waals surface area contributed by atoms with Crippen LogP contribution in [0.2, 0.25) is 10.0 Å². The van der Waals surface area contributed by atoms with Crippen molar-refractivity contribution < 1.29 is 40.5 Å². The molecule has 0 saturated heterocycles. The van der Waals surface area contributed by atoms with Crippen LogP contribution in [-0.4, -0.2) is 108 Å². The van der Waals surface area contributed by atoms with Crippen LogP contribution in [0.25, 0.3) is 20.4 Å². The van der Waals surface area contributed by atoms with E-state index in [9.17, 15) is 31.0 Å². The van der Waals surface area contributed by atoms with E-state index in [2.05, 4.69) is 59.6 Å². The molecule has 0 amide bonds. The van der Waals surface area contributed by atoms with Gasteiger partial charge in [0.05, 0.1) is 64.4 Å². The summed E-state index contributed by atoms with van der Waals surface area (Å²) >= 11 is 17.3. The molecule has 31 heteroatoms. The number of rotatable bonds is 21. The molecule has 5 N–H and O–H groups in total. The quantitative estimate of drug-likeness (QED) is 0.0254. The summed E-state index contributed by atoms with van der Waals surface area (Å²) < 4.78 is 86.7. The standard InChI is InChI=1S/C37H39Cl2N13O9S7/c1-7-51(8-2)21-13-17(19(15-23(21)60-5)45-47-29-25-27(38)33(67(54,55)56)63-31(25)49-65-29)40-35-42-36(44-37(43-35)62-12-11-53)41-18-14-22(52(9-3)10-4)24(61-6)16-20(18)46-48-30-26-28(39)34(68(57,58)59)64-32(26)50-66-30/h13-16,53H,7-12H2,1-6H3,(H,54,55,56)(H,57,58,59)(H2,40,41,42,43,44)/b47-45+,48-46+. The van der Waals surface area contributed by atoms with Gasteiger partial charge < -0.3 is 35.0 Å². The van der Waals surface area contributed by atoms with Crippen LogP contribution in [0.15, 0.2) is 58.3 Å². The first kappa shape index (κ1) is 51.2. The summed E-state index contributed by atoms with van der Waals surface area (Å²) in [5.41, 5.74) is 2.62. The summed E-state index contributed by atoms with van der Waals surface area (Å²) in [6, 6.07) is 6.90. The van der Waals surface area contributed by atoms with Gasteiger partial charge >= 0.3 is 20.2 Å². The number of aliphatic hydroxyl groups is 1. The Bertz CT molecular complexity index is 3080. The van der Waals surface area contributed by atoms with Crippen LogP contribution in [0, 0.1) is 0 Å². The molecule has 0 aliphatic rings. The molecule has 5 heterocycles. The van der Waals surface area contributed by atoms with Crippen molar-refractivity contribution in [3.8, 4) is 11.5 Å². The zero-order valence-electron chi connectivity index (χ0n) is 36.4. The Labute approximate surface area is 419 Å². The van der Waals surface area contributed by atoms with Gasteiger partial charge in [-0.3, -0.25) is 9.11 Å². The Balaban J connectivity index is 1.34. The fourth-order valence-electron chi connectivity index (χ4n) is 6.53. The van der Waals surface area contributed by atoms with E-state index >= 15 is 0 Å². The zero-order valence-corrected chi connectivity index (χ0v) is 43.6. The molecule has 0 radical (unpaired) electrons. The average molecular weight is 1110 g/mol. The van der Waals surface area contributed by atoms with Gasteiger partial charge in [-0.15, -0.1) is 20.5 Å². The van der Waals surface area contributed by atoms with Crippen molar-refractivity contribution in [1.82, 2.24) is 23.7 Å². The van der Waals surface area contributed by atoms with Gasteiger partial charge in [-0.1, -0.05) is 57.6 Å². The normalized spacial score (nSPS) is 12.3. The number of thioether (sulfide) groups is 1. The highest BCUT2D eigenvalue weighted by Crippen LogP contribution is 2.48. The third kappa shape index (κ3) is 10.9. The van der Waals surface area contributed by atoms with Crippen molar-refractivity contribution in [2.24, 2.45) is 20.5 Å². The van der Waals surface area contributed by atoms with E-state index < -0.39 is 28.7 Å². The second-order valence-electron chi connectivity index (χ2n) is 13.6. The molecular formula is C37H39Cl2N13O9S7. The minimum atomic E-state index is -4.63. The molecule has 0 aliphatic heterocycles. The van der Waals surface area contributed by atoms with Crippen LogP contribution >= 0.6 is 80.7 Å². The fraction of sp³-hybridized carbons (Fsp3) is 0.324. The van der Waals surface area contributed by atoms with Crippen LogP contribution in [0.5, 0.6) is 11.5 Å². The lowest BCUT2D eigenvalue weighted by molar-refractivity contribution is 0.322. The smallest absolute Gasteiger partial charge is 0.305 e. The van der Waals surface area contributed by atoms with Crippen molar-refractivity contribution in [1.29, 1.82) is 0 Å². The van der Waals surface area contributed by atoms with Crippen LogP contribution < -0.4 is 29.9 Å². The third-order valence-corrected chi connectivity index (χ3v) is 18.3. The maximum Gasteiger partial charge on any atom is 0.305 e. The molecule has 0 unspecified atom stereocenters.